The Morgan fingerprint density at radius 2 is 1.61 bits per heavy atom. The Kier molecular flexibility index (Phi) is 10.7. The molecule has 0 atom stereocenters. The van der Waals surface area contributed by atoms with Gasteiger partial charge in [-0.2, -0.15) is 0 Å². The smallest absolute Gasteiger partial charge is 0.414 e. The number of sulfonamides is 1. The van der Waals surface area contributed by atoms with Gasteiger partial charge in [-0.3, -0.25) is 9.78 Å². The summed E-state index contributed by atoms with van der Waals surface area (Å²) in [5.41, 5.74) is 0.758. The van der Waals surface area contributed by atoms with E-state index in [0.29, 0.717) is 6.08 Å². The Morgan fingerprint density at radius 1 is 1.07 bits per heavy atom. The minimum absolute atomic E-state index is 0.0612. The van der Waals surface area contributed by atoms with Crippen LogP contribution in [0.5, 0.6) is 0 Å². The zero-order chi connectivity index (χ0) is 21.7. The van der Waals surface area contributed by atoms with Crippen LogP contribution in [-0.2, 0) is 35.7 Å². The molecule has 1 aromatic heterocycles. The molecule has 0 saturated carbocycles. The lowest BCUT2D eigenvalue weighted by Crippen LogP contribution is -2.36. The third-order valence-corrected chi connectivity index (χ3v) is 4.27. The third-order valence-electron chi connectivity index (χ3n) is 2.93. The van der Waals surface area contributed by atoms with E-state index in [4.69, 9.17) is 24.9 Å². The quantitative estimate of drug-likeness (QED) is 0.294. The Labute approximate surface area is 160 Å². The first-order chi connectivity index (χ1) is 13.0. The molecule has 0 radical (unpaired) electrons. The van der Waals surface area contributed by atoms with Crippen molar-refractivity contribution in [1.82, 2.24) is 14.6 Å². The summed E-state index contributed by atoms with van der Waals surface area (Å²) in [6, 6.07) is 3.38. The highest BCUT2D eigenvalue weighted by molar-refractivity contribution is 7.89. The second kappa shape index (κ2) is 12.1. The Balaban J connectivity index is 0.00000105. The van der Waals surface area contributed by atoms with Crippen LogP contribution in [0, 0.1) is 0 Å². The molecule has 12 nitrogen and oxygen atoms in total. The summed E-state index contributed by atoms with van der Waals surface area (Å²) >= 11 is 0. The molecule has 28 heavy (non-hydrogen) atoms. The molecule has 1 amide bonds. The van der Waals surface area contributed by atoms with Crippen LogP contribution in [0.2, 0.25) is 0 Å². The standard InChI is InChI=1S/C13H17N3O5S.C2H2O4/c1-14-22(20,21)9-8-16(12(17)2-3-13(18)19)10-11-4-6-15-7-5-11;3-1(4)2(5)6/h2-7,14H,8-10H2,1H3,(H,18,19);(H,3,4)(H,5,6). The summed E-state index contributed by atoms with van der Waals surface area (Å²) in [6.07, 6.45) is 4.72. The minimum Gasteiger partial charge on any atom is -0.478 e. The maximum absolute atomic E-state index is 12.0. The number of carboxylic acid groups (broad SMARTS) is 3. The van der Waals surface area contributed by atoms with E-state index in [9.17, 15) is 18.0 Å². The average molecular weight is 417 g/mol. The lowest BCUT2D eigenvalue weighted by Gasteiger charge is -2.21. The predicted octanol–water partition coefficient (Wildman–Crippen LogP) is -1.24. The molecule has 0 aliphatic carbocycles. The summed E-state index contributed by atoms with van der Waals surface area (Å²) in [7, 11) is -2.18. The van der Waals surface area contributed by atoms with Gasteiger partial charge in [0.25, 0.3) is 0 Å². The maximum Gasteiger partial charge on any atom is 0.414 e. The molecular weight excluding hydrogens is 398 g/mol. The van der Waals surface area contributed by atoms with Gasteiger partial charge in [-0.25, -0.2) is 27.5 Å². The molecule has 0 fully saturated rings. The lowest BCUT2D eigenvalue weighted by atomic mass is 10.2. The van der Waals surface area contributed by atoms with Gasteiger partial charge in [0.2, 0.25) is 15.9 Å². The molecule has 0 bridgehead atoms. The minimum atomic E-state index is -3.47. The third kappa shape index (κ3) is 11.3. The summed E-state index contributed by atoms with van der Waals surface area (Å²) in [5.74, 6) is -5.75. The largest absolute Gasteiger partial charge is 0.478 e. The molecule has 154 valence electrons. The van der Waals surface area contributed by atoms with Gasteiger partial charge in [0.15, 0.2) is 0 Å². The number of carbonyl (C=O) groups is 4. The van der Waals surface area contributed by atoms with Crippen molar-refractivity contribution in [2.75, 3.05) is 19.3 Å². The fourth-order valence-electron chi connectivity index (χ4n) is 1.56. The molecule has 0 aliphatic rings. The number of carboxylic acids is 3. The molecule has 0 spiro atoms. The van der Waals surface area contributed by atoms with Gasteiger partial charge in [0.05, 0.1) is 5.75 Å². The first-order valence-corrected chi connectivity index (χ1v) is 9.10. The van der Waals surface area contributed by atoms with E-state index in [1.54, 1.807) is 24.5 Å². The highest BCUT2D eigenvalue weighted by atomic mass is 32.2. The number of carbonyl (C=O) groups excluding carboxylic acids is 1. The topological polar surface area (TPSA) is 191 Å². The zero-order valence-electron chi connectivity index (χ0n) is 14.7. The van der Waals surface area contributed by atoms with Gasteiger partial charge in [-0.05, 0) is 24.7 Å². The fourth-order valence-corrected chi connectivity index (χ4v) is 2.22. The number of amides is 1. The van der Waals surface area contributed by atoms with E-state index in [1.165, 1.54) is 11.9 Å². The van der Waals surface area contributed by atoms with Gasteiger partial charge in [0, 0.05) is 37.6 Å². The molecule has 0 aromatic carbocycles. The zero-order valence-corrected chi connectivity index (χ0v) is 15.5. The van der Waals surface area contributed by atoms with Crippen LogP contribution >= 0.6 is 0 Å². The number of rotatable bonds is 8. The maximum atomic E-state index is 12.0. The monoisotopic (exact) mass is 417 g/mol. The van der Waals surface area contributed by atoms with Crippen molar-refractivity contribution in [3.63, 3.8) is 0 Å². The Hall–Kier alpha value is -3.32. The van der Waals surface area contributed by atoms with E-state index in [0.717, 1.165) is 11.6 Å². The predicted molar refractivity (Wildman–Crippen MR) is 94.5 cm³/mol. The van der Waals surface area contributed by atoms with Gasteiger partial charge < -0.3 is 20.2 Å². The summed E-state index contributed by atoms with van der Waals surface area (Å²) in [6.45, 7) is 0.0961. The van der Waals surface area contributed by atoms with Crippen LogP contribution in [0.25, 0.3) is 0 Å². The van der Waals surface area contributed by atoms with Crippen LogP contribution in [-0.4, -0.2) is 76.8 Å². The van der Waals surface area contributed by atoms with Crippen LogP contribution in [0.4, 0.5) is 0 Å². The van der Waals surface area contributed by atoms with Crippen LogP contribution in [0.15, 0.2) is 36.7 Å². The van der Waals surface area contributed by atoms with Crippen LogP contribution in [0.1, 0.15) is 5.56 Å². The van der Waals surface area contributed by atoms with Crippen molar-refractivity contribution in [2.24, 2.45) is 0 Å². The fraction of sp³-hybridized carbons (Fsp3) is 0.267. The number of nitrogens with one attached hydrogen (secondary N) is 1. The molecule has 0 aliphatic heterocycles. The SMILES string of the molecule is CNS(=O)(=O)CCN(Cc1ccncc1)C(=O)C=CC(=O)O.O=C(O)C(=O)O. The van der Waals surface area contributed by atoms with Gasteiger partial charge in [0.1, 0.15) is 0 Å². The molecule has 1 heterocycles. The van der Waals surface area contributed by atoms with Gasteiger partial charge in [-0.15, -0.1) is 0 Å². The first kappa shape index (κ1) is 24.7. The number of hydrogen-bond acceptors (Lipinski definition) is 7. The second-order valence-corrected chi connectivity index (χ2v) is 6.97. The van der Waals surface area contributed by atoms with E-state index in [2.05, 4.69) is 9.71 Å². The van der Waals surface area contributed by atoms with Crippen molar-refractivity contribution in [3.05, 3.63) is 42.2 Å². The second-order valence-electron chi connectivity index (χ2n) is 4.92. The molecule has 1 rings (SSSR count). The molecule has 4 N–H and O–H groups in total. The lowest BCUT2D eigenvalue weighted by molar-refractivity contribution is -0.159. The normalized spacial score (nSPS) is 10.6. The van der Waals surface area contributed by atoms with Crippen LogP contribution < -0.4 is 4.72 Å². The van der Waals surface area contributed by atoms with Crippen molar-refractivity contribution >= 4 is 33.8 Å². The van der Waals surface area contributed by atoms with Crippen molar-refractivity contribution in [3.8, 4) is 0 Å². The van der Waals surface area contributed by atoms with Gasteiger partial charge >= 0.3 is 17.9 Å². The van der Waals surface area contributed by atoms with Crippen molar-refractivity contribution in [2.45, 2.75) is 6.54 Å². The summed E-state index contributed by atoms with van der Waals surface area (Å²) in [5, 5.41) is 23.3. The molecular formula is C15H19N3O9S. The first-order valence-electron chi connectivity index (χ1n) is 7.44. The van der Waals surface area contributed by atoms with Gasteiger partial charge in [-0.1, -0.05) is 0 Å². The molecule has 0 saturated heterocycles. The van der Waals surface area contributed by atoms with Crippen molar-refractivity contribution in [1.29, 1.82) is 0 Å². The highest BCUT2D eigenvalue weighted by Crippen LogP contribution is 2.05. The number of aromatic nitrogens is 1. The molecule has 0 unspecified atom stereocenters. The molecule has 13 heteroatoms. The van der Waals surface area contributed by atoms with E-state index in [-0.39, 0.29) is 18.8 Å². The number of hydrogen-bond donors (Lipinski definition) is 4. The number of pyridine rings is 1. The number of nitrogens with zero attached hydrogens (tertiary/aromatic N) is 2. The van der Waals surface area contributed by atoms with E-state index >= 15 is 0 Å². The van der Waals surface area contributed by atoms with E-state index < -0.39 is 33.8 Å². The summed E-state index contributed by atoms with van der Waals surface area (Å²) in [4.78, 5) is 45.8. The van der Waals surface area contributed by atoms with Crippen molar-refractivity contribution < 1.29 is 42.9 Å². The highest BCUT2D eigenvalue weighted by Gasteiger charge is 2.16. The summed E-state index contributed by atoms with van der Waals surface area (Å²) < 4.78 is 25.1. The number of aliphatic carboxylic acids is 3. The average Bonchev–Trinajstić information content (AvgIpc) is 2.64. The van der Waals surface area contributed by atoms with Crippen LogP contribution in [0.3, 0.4) is 0 Å². The Bertz CT molecular complexity index is 810. The molecule has 1 aromatic rings. The Morgan fingerprint density at radius 3 is 2.04 bits per heavy atom. The van der Waals surface area contributed by atoms with E-state index in [1.807, 2.05) is 0 Å².